The molecule has 4 heterocycles. The number of fused-ring (bicyclic) bond motifs is 4. The number of carbonyl (C=O) groups excluding carboxylic acids is 2. The number of nitrogens with one attached hydrogen (secondary N) is 1. The van der Waals surface area contributed by atoms with Crippen LogP contribution in [0.5, 0.6) is 0 Å². The molecule has 0 fully saturated rings. The first-order chi connectivity index (χ1) is 21.5. The van der Waals surface area contributed by atoms with Gasteiger partial charge in [-0.25, -0.2) is 4.98 Å². The largest absolute Gasteiger partial charge is 0.361 e. The van der Waals surface area contributed by atoms with E-state index in [-0.39, 0.29) is 24.4 Å². The van der Waals surface area contributed by atoms with Crippen LogP contribution in [0.1, 0.15) is 31.2 Å². The molecule has 7 rings (SSSR count). The molecule has 1 unspecified atom stereocenters. The molecule has 0 bridgehead atoms. The summed E-state index contributed by atoms with van der Waals surface area (Å²) in [6, 6.07) is 30.9. The summed E-state index contributed by atoms with van der Waals surface area (Å²) in [5.41, 5.74) is 4.24. The van der Waals surface area contributed by atoms with E-state index in [9.17, 15) is 9.59 Å². The molecule has 3 aromatic carbocycles. The Bertz CT molecular complexity index is 1960. The van der Waals surface area contributed by atoms with Crippen LogP contribution >= 0.6 is 0 Å². The van der Waals surface area contributed by atoms with E-state index in [1.165, 1.54) is 4.90 Å². The number of aromatic amines is 1. The maximum atomic E-state index is 14.8. The number of aromatic nitrogens is 5. The van der Waals surface area contributed by atoms with Crippen molar-refractivity contribution in [3.8, 4) is 17.1 Å². The van der Waals surface area contributed by atoms with Crippen LogP contribution in [0.4, 0.5) is 11.5 Å². The summed E-state index contributed by atoms with van der Waals surface area (Å²) < 4.78 is 1.93. The number of benzene rings is 3. The van der Waals surface area contributed by atoms with E-state index < -0.39 is 5.92 Å². The van der Waals surface area contributed by atoms with Gasteiger partial charge >= 0.3 is 0 Å². The molecule has 1 aliphatic heterocycles. The lowest BCUT2D eigenvalue weighted by atomic mass is 9.96. The van der Waals surface area contributed by atoms with Gasteiger partial charge in [-0.2, -0.15) is 0 Å². The predicted octanol–water partition coefficient (Wildman–Crippen LogP) is 5.93. The Morgan fingerprint density at radius 2 is 1.64 bits per heavy atom. The maximum absolute atomic E-state index is 14.8. The van der Waals surface area contributed by atoms with Gasteiger partial charge < -0.3 is 9.88 Å². The third kappa shape index (κ3) is 4.72. The Kier molecular flexibility index (Phi) is 6.98. The molecule has 6 aromatic rings. The standard InChI is InChI=1S/C35H31N7O2/c1-23(2)41(26-14-7-4-8-15-26)31(43)22-40-34-30(18-11-19-36-34)42-32(24-12-5-3-6-13-24)38-39-33(42)28(35(40)44)20-25-21-37-29-17-10-9-16-27(25)29/h3-19,21,23,28,37H,20,22H2,1-2H3. The minimum absolute atomic E-state index is 0.124. The monoisotopic (exact) mass is 581 g/mol. The fraction of sp³-hybridized carbons (Fsp3) is 0.171. The van der Waals surface area contributed by atoms with Crippen molar-refractivity contribution in [3.05, 3.63) is 121 Å². The average Bonchev–Trinajstić information content (AvgIpc) is 3.65. The molecule has 0 saturated heterocycles. The normalized spacial score (nSPS) is 14.4. The van der Waals surface area contributed by atoms with Gasteiger partial charge in [-0.05, 0) is 56.2 Å². The highest BCUT2D eigenvalue weighted by Crippen LogP contribution is 2.38. The molecule has 9 heteroatoms. The third-order valence-corrected chi connectivity index (χ3v) is 8.07. The smallest absolute Gasteiger partial charge is 0.247 e. The van der Waals surface area contributed by atoms with Gasteiger partial charge in [0, 0.05) is 40.6 Å². The Labute approximate surface area is 254 Å². The van der Waals surface area contributed by atoms with Crippen molar-refractivity contribution in [1.82, 2.24) is 24.7 Å². The number of pyridine rings is 1. The molecular formula is C35H31N7O2. The van der Waals surface area contributed by atoms with Crippen molar-refractivity contribution in [2.45, 2.75) is 32.2 Å². The number of para-hydroxylation sites is 2. The molecule has 0 spiro atoms. The Hall–Kier alpha value is -5.57. The van der Waals surface area contributed by atoms with Crippen molar-refractivity contribution in [3.63, 3.8) is 0 Å². The number of carbonyl (C=O) groups is 2. The van der Waals surface area contributed by atoms with Gasteiger partial charge in [0.05, 0.1) is 5.69 Å². The van der Waals surface area contributed by atoms with E-state index in [0.717, 1.165) is 27.7 Å². The van der Waals surface area contributed by atoms with E-state index in [4.69, 9.17) is 0 Å². The topological polar surface area (TPSA) is 100 Å². The molecule has 3 aromatic heterocycles. The summed E-state index contributed by atoms with van der Waals surface area (Å²) in [5.74, 6) is 0.307. The second-order valence-corrected chi connectivity index (χ2v) is 11.2. The van der Waals surface area contributed by atoms with Crippen LogP contribution in [0, 0.1) is 0 Å². The SMILES string of the molecule is CC(C)N(C(=O)CN1C(=O)C(Cc2c[nH]c3ccccc23)c2nnc(-c3ccccc3)n2-c2cccnc21)c1ccccc1. The summed E-state index contributed by atoms with van der Waals surface area (Å²) >= 11 is 0. The summed E-state index contributed by atoms with van der Waals surface area (Å²) in [4.78, 5) is 40.1. The van der Waals surface area contributed by atoms with E-state index >= 15 is 0 Å². The third-order valence-electron chi connectivity index (χ3n) is 8.07. The molecule has 0 saturated carbocycles. The van der Waals surface area contributed by atoms with Gasteiger partial charge in [0.1, 0.15) is 12.5 Å². The first-order valence-electron chi connectivity index (χ1n) is 14.7. The zero-order valence-corrected chi connectivity index (χ0v) is 24.5. The minimum atomic E-state index is -0.731. The molecule has 218 valence electrons. The number of amides is 2. The number of hydrogen-bond donors (Lipinski definition) is 1. The Morgan fingerprint density at radius 3 is 2.41 bits per heavy atom. The van der Waals surface area contributed by atoms with Gasteiger partial charge in [0.25, 0.3) is 0 Å². The van der Waals surface area contributed by atoms with Crippen molar-refractivity contribution in [2.75, 3.05) is 16.3 Å². The second kappa shape index (κ2) is 11.3. The van der Waals surface area contributed by atoms with Gasteiger partial charge in [-0.3, -0.25) is 19.1 Å². The first kappa shape index (κ1) is 27.3. The molecule has 1 atom stereocenters. The minimum Gasteiger partial charge on any atom is -0.361 e. The maximum Gasteiger partial charge on any atom is 0.247 e. The molecule has 44 heavy (non-hydrogen) atoms. The molecule has 1 N–H and O–H groups in total. The molecule has 0 radical (unpaired) electrons. The number of H-pyrrole nitrogens is 1. The van der Waals surface area contributed by atoms with Crippen LogP contribution in [0.2, 0.25) is 0 Å². The van der Waals surface area contributed by atoms with E-state index in [0.29, 0.717) is 29.6 Å². The fourth-order valence-corrected chi connectivity index (χ4v) is 6.09. The van der Waals surface area contributed by atoms with Gasteiger partial charge in [0.15, 0.2) is 17.5 Å². The molecule has 2 amide bonds. The molecule has 0 aliphatic carbocycles. The van der Waals surface area contributed by atoms with Crippen molar-refractivity contribution in [1.29, 1.82) is 0 Å². The number of rotatable bonds is 7. The molecular weight excluding hydrogens is 550 g/mol. The van der Waals surface area contributed by atoms with E-state index in [1.807, 2.05) is 122 Å². The van der Waals surface area contributed by atoms with Crippen molar-refractivity contribution in [2.24, 2.45) is 0 Å². The van der Waals surface area contributed by atoms with Crippen LogP contribution in [-0.4, -0.2) is 49.1 Å². The van der Waals surface area contributed by atoms with Crippen molar-refractivity contribution >= 4 is 34.2 Å². The van der Waals surface area contributed by atoms with E-state index in [2.05, 4.69) is 20.2 Å². The van der Waals surface area contributed by atoms with Gasteiger partial charge in [0.2, 0.25) is 11.8 Å². The van der Waals surface area contributed by atoms with Gasteiger partial charge in [-0.1, -0.05) is 66.7 Å². The fourth-order valence-electron chi connectivity index (χ4n) is 6.09. The number of anilines is 2. The summed E-state index contributed by atoms with van der Waals surface area (Å²) in [7, 11) is 0. The van der Waals surface area contributed by atoms with Crippen LogP contribution < -0.4 is 9.80 Å². The average molecular weight is 582 g/mol. The Balaban J connectivity index is 1.38. The highest BCUT2D eigenvalue weighted by molar-refractivity contribution is 6.07. The highest BCUT2D eigenvalue weighted by Gasteiger charge is 2.40. The number of nitrogens with zero attached hydrogens (tertiary/aromatic N) is 6. The highest BCUT2D eigenvalue weighted by atomic mass is 16.2. The van der Waals surface area contributed by atoms with Crippen LogP contribution in [0.3, 0.4) is 0 Å². The summed E-state index contributed by atoms with van der Waals surface area (Å²) in [5, 5.41) is 10.3. The lowest BCUT2D eigenvalue weighted by molar-refractivity contribution is -0.123. The molecule has 1 aliphatic rings. The zero-order chi connectivity index (χ0) is 30.2. The van der Waals surface area contributed by atoms with Crippen LogP contribution in [0.25, 0.3) is 28.0 Å². The number of hydrogen-bond acceptors (Lipinski definition) is 5. The van der Waals surface area contributed by atoms with Crippen LogP contribution in [-0.2, 0) is 16.0 Å². The van der Waals surface area contributed by atoms with Gasteiger partial charge in [-0.15, -0.1) is 10.2 Å². The first-order valence-corrected chi connectivity index (χ1v) is 14.7. The van der Waals surface area contributed by atoms with Crippen LogP contribution in [0.15, 0.2) is 109 Å². The zero-order valence-electron chi connectivity index (χ0n) is 24.5. The van der Waals surface area contributed by atoms with E-state index in [1.54, 1.807) is 11.1 Å². The summed E-state index contributed by atoms with van der Waals surface area (Å²) in [6.45, 7) is 3.75. The second-order valence-electron chi connectivity index (χ2n) is 11.2. The summed E-state index contributed by atoms with van der Waals surface area (Å²) in [6.07, 6.45) is 3.95. The lowest BCUT2D eigenvalue weighted by Gasteiger charge is -2.30. The molecule has 9 nitrogen and oxygen atoms in total. The quantitative estimate of drug-likeness (QED) is 0.252. The Morgan fingerprint density at radius 1 is 0.909 bits per heavy atom. The predicted molar refractivity (Wildman–Crippen MR) is 171 cm³/mol. The van der Waals surface area contributed by atoms with Crippen molar-refractivity contribution < 1.29 is 9.59 Å². The lowest BCUT2D eigenvalue weighted by Crippen LogP contribution is -2.47.